The lowest BCUT2D eigenvalue weighted by molar-refractivity contribution is 0.0875. The lowest BCUT2D eigenvalue weighted by Gasteiger charge is -2.14. The van der Waals surface area contributed by atoms with Crippen LogP contribution in [-0.4, -0.2) is 39.8 Å². The number of hydrogen-bond acceptors (Lipinski definition) is 6. The number of furan rings is 1. The van der Waals surface area contributed by atoms with E-state index in [1.54, 1.807) is 14.0 Å². The molecule has 1 aliphatic carbocycles. The molecule has 0 saturated carbocycles. The average Bonchev–Trinajstić information content (AvgIpc) is 3.04. The van der Waals surface area contributed by atoms with E-state index in [0.717, 1.165) is 24.3 Å². The largest absolute Gasteiger partial charge is 0.455 e. The van der Waals surface area contributed by atoms with Crippen molar-refractivity contribution >= 4 is 21.6 Å². The molecule has 2 aromatic rings. The number of aryl methyl sites for hydroxylation is 1. The first-order valence-corrected chi connectivity index (χ1v) is 11.0. The van der Waals surface area contributed by atoms with E-state index in [1.807, 2.05) is 6.92 Å². The number of sulfonamides is 1. The number of nitrogens with zero attached hydrogens (tertiary/aromatic N) is 1. The molecule has 10 heteroatoms. The Hall–Kier alpha value is -2.72. The molecule has 1 aliphatic rings. The number of halogens is 1. The van der Waals surface area contributed by atoms with Crippen LogP contribution in [0.1, 0.15) is 47.2 Å². The third-order valence-electron chi connectivity index (χ3n) is 4.75. The van der Waals surface area contributed by atoms with Crippen LogP contribution in [0.4, 0.5) is 4.39 Å². The first-order valence-electron chi connectivity index (χ1n) is 9.49. The normalized spacial score (nSPS) is 16.2. The molecule has 1 amide bonds. The van der Waals surface area contributed by atoms with E-state index in [2.05, 4.69) is 15.2 Å². The maximum atomic E-state index is 13.1. The highest BCUT2D eigenvalue weighted by Crippen LogP contribution is 2.30. The summed E-state index contributed by atoms with van der Waals surface area (Å²) in [6.07, 6.45) is 1.86. The molecular formula is C20H24FN3O5S. The lowest BCUT2D eigenvalue weighted by Crippen LogP contribution is -2.35. The minimum Gasteiger partial charge on any atom is -0.455 e. The van der Waals surface area contributed by atoms with Gasteiger partial charge in [0, 0.05) is 30.7 Å². The summed E-state index contributed by atoms with van der Waals surface area (Å²) in [6.45, 7) is 3.92. The number of hydrazone groups is 1. The lowest BCUT2D eigenvalue weighted by atomic mass is 9.93. The summed E-state index contributed by atoms with van der Waals surface area (Å²) < 4.78 is 48.7. The Labute approximate surface area is 174 Å². The fraction of sp³-hybridized carbons (Fsp3) is 0.400. The number of rotatable bonds is 7. The van der Waals surface area contributed by atoms with Gasteiger partial charge in [0.05, 0.1) is 17.2 Å². The van der Waals surface area contributed by atoms with Gasteiger partial charge in [0.15, 0.2) is 5.76 Å². The fourth-order valence-electron chi connectivity index (χ4n) is 3.36. The summed E-state index contributed by atoms with van der Waals surface area (Å²) in [5.74, 6) is -0.114. The van der Waals surface area contributed by atoms with Gasteiger partial charge in [0.2, 0.25) is 0 Å². The summed E-state index contributed by atoms with van der Waals surface area (Å²) in [4.78, 5) is 14.7. The molecule has 0 fully saturated rings. The van der Waals surface area contributed by atoms with E-state index in [4.69, 9.17) is 9.15 Å². The number of hydrogen-bond donors (Lipinski definition) is 2. The molecule has 1 unspecified atom stereocenters. The fourth-order valence-corrected chi connectivity index (χ4v) is 4.19. The van der Waals surface area contributed by atoms with E-state index in [0.29, 0.717) is 48.5 Å². The molecule has 162 valence electrons. The van der Waals surface area contributed by atoms with Gasteiger partial charge in [-0.25, -0.2) is 4.39 Å². The van der Waals surface area contributed by atoms with Gasteiger partial charge in [0.1, 0.15) is 11.6 Å². The van der Waals surface area contributed by atoms with Gasteiger partial charge in [-0.05, 0) is 51.0 Å². The number of benzene rings is 1. The van der Waals surface area contributed by atoms with Crippen LogP contribution < -0.4 is 10.1 Å². The van der Waals surface area contributed by atoms with Crippen molar-refractivity contribution in [2.75, 3.05) is 13.7 Å². The molecule has 0 spiro atoms. The first kappa shape index (κ1) is 22.0. The zero-order valence-electron chi connectivity index (χ0n) is 17.0. The number of ether oxygens (including phenoxy) is 1. The highest BCUT2D eigenvalue weighted by atomic mass is 32.2. The molecular weight excluding hydrogens is 413 g/mol. The molecule has 1 heterocycles. The van der Waals surface area contributed by atoms with Crippen molar-refractivity contribution in [2.45, 2.75) is 44.0 Å². The SMILES string of the molecule is COCC(C)NC(=O)c1oc2c(c1C)/C(=N/NS(=O)(=O)c1ccc(F)cc1)CCC2. The summed E-state index contributed by atoms with van der Waals surface area (Å²) >= 11 is 0. The maximum absolute atomic E-state index is 13.1. The number of amides is 1. The van der Waals surface area contributed by atoms with Crippen LogP contribution in [0.2, 0.25) is 0 Å². The molecule has 1 atom stereocenters. The molecule has 0 saturated heterocycles. The van der Waals surface area contributed by atoms with Crippen LogP contribution >= 0.6 is 0 Å². The van der Waals surface area contributed by atoms with E-state index in [9.17, 15) is 17.6 Å². The zero-order valence-corrected chi connectivity index (χ0v) is 17.8. The van der Waals surface area contributed by atoms with Gasteiger partial charge in [-0.15, -0.1) is 0 Å². The average molecular weight is 437 g/mol. The minimum absolute atomic E-state index is 0.0969. The van der Waals surface area contributed by atoms with Crippen molar-refractivity contribution < 1.29 is 26.8 Å². The Morgan fingerprint density at radius 2 is 2.00 bits per heavy atom. The first-order chi connectivity index (χ1) is 14.2. The number of nitrogens with one attached hydrogen (secondary N) is 2. The quantitative estimate of drug-likeness (QED) is 0.647. The highest BCUT2D eigenvalue weighted by molar-refractivity contribution is 7.89. The van der Waals surface area contributed by atoms with Gasteiger partial charge >= 0.3 is 0 Å². The van der Waals surface area contributed by atoms with Crippen molar-refractivity contribution in [3.05, 3.63) is 52.7 Å². The molecule has 2 N–H and O–H groups in total. The van der Waals surface area contributed by atoms with E-state index >= 15 is 0 Å². The molecule has 30 heavy (non-hydrogen) atoms. The van der Waals surface area contributed by atoms with Crippen molar-refractivity contribution in [3.8, 4) is 0 Å². The van der Waals surface area contributed by atoms with E-state index < -0.39 is 15.8 Å². The Bertz CT molecular complexity index is 1060. The number of carbonyl (C=O) groups is 1. The zero-order chi connectivity index (χ0) is 21.9. The Kier molecular flexibility index (Phi) is 6.57. The third-order valence-corrected chi connectivity index (χ3v) is 5.98. The maximum Gasteiger partial charge on any atom is 0.287 e. The van der Waals surface area contributed by atoms with Crippen molar-refractivity contribution in [3.63, 3.8) is 0 Å². The van der Waals surface area contributed by atoms with Crippen LogP contribution in [0.15, 0.2) is 38.7 Å². The molecule has 0 aliphatic heterocycles. The summed E-state index contributed by atoms with van der Waals surface area (Å²) in [5.41, 5.74) is 1.74. The van der Waals surface area contributed by atoms with E-state index in [1.165, 1.54) is 0 Å². The predicted octanol–water partition coefficient (Wildman–Crippen LogP) is 2.51. The van der Waals surface area contributed by atoms with Gasteiger partial charge < -0.3 is 14.5 Å². The van der Waals surface area contributed by atoms with Gasteiger partial charge in [-0.3, -0.25) is 4.79 Å². The van der Waals surface area contributed by atoms with Gasteiger partial charge in [0.25, 0.3) is 15.9 Å². The second-order valence-corrected chi connectivity index (χ2v) is 8.81. The monoisotopic (exact) mass is 437 g/mol. The second-order valence-electron chi connectivity index (χ2n) is 7.14. The van der Waals surface area contributed by atoms with Crippen LogP contribution in [0.5, 0.6) is 0 Å². The second kappa shape index (κ2) is 8.97. The van der Waals surface area contributed by atoms with Crippen LogP contribution in [0.25, 0.3) is 0 Å². The molecule has 1 aromatic heterocycles. The van der Waals surface area contributed by atoms with E-state index in [-0.39, 0.29) is 22.6 Å². The van der Waals surface area contributed by atoms with Crippen molar-refractivity contribution in [1.29, 1.82) is 0 Å². The number of fused-ring (bicyclic) bond motifs is 1. The molecule has 0 radical (unpaired) electrons. The minimum atomic E-state index is -3.95. The van der Waals surface area contributed by atoms with Crippen LogP contribution in [-0.2, 0) is 21.2 Å². The smallest absolute Gasteiger partial charge is 0.287 e. The topological polar surface area (TPSA) is 110 Å². The highest BCUT2D eigenvalue weighted by Gasteiger charge is 2.28. The van der Waals surface area contributed by atoms with Crippen LogP contribution in [0, 0.1) is 12.7 Å². The number of carbonyl (C=O) groups excluding carboxylic acids is 1. The Balaban J connectivity index is 1.85. The summed E-state index contributed by atoms with van der Waals surface area (Å²) in [5, 5.41) is 6.90. The number of methoxy groups -OCH3 is 1. The predicted molar refractivity (Wildman–Crippen MR) is 108 cm³/mol. The molecule has 0 bridgehead atoms. The Morgan fingerprint density at radius 1 is 1.30 bits per heavy atom. The van der Waals surface area contributed by atoms with Gasteiger partial charge in [-0.1, -0.05) is 0 Å². The van der Waals surface area contributed by atoms with Gasteiger partial charge in [-0.2, -0.15) is 18.4 Å². The molecule has 8 nitrogen and oxygen atoms in total. The van der Waals surface area contributed by atoms with Crippen molar-refractivity contribution in [1.82, 2.24) is 10.1 Å². The van der Waals surface area contributed by atoms with Crippen LogP contribution in [0.3, 0.4) is 0 Å². The van der Waals surface area contributed by atoms with Crippen molar-refractivity contribution in [2.24, 2.45) is 5.10 Å². The third kappa shape index (κ3) is 4.71. The molecule has 1 aromatic carbocycles. The summed E-state index contributed by atoms with van der Waals surface area (Å²) in [6, 6.07) is 4.26. The standard InChI is InChI=1S/C20H24FN3O5S/c1-12(11-28-3)22-20(25)19-13(2)18-16(5-4-6-17(18)29-19)23-24-30(26,27)15-9-7-14(21)8-10-15/h7-10,12,24H,4-6,11H2,1-3H3,(H,22,25)/b23-16+. The summed E-state index contributed by atoms with van der Waals surface area (Å²) in [7, 11) is -2.40. The molecule has 3 rings (SSSR count). The Morgan fingerprint density at radius 3 is 2.67 bits per heavy atom.